The molecule has 5 nitrogen and oxygen atoms in total. The third-order valence-electron chi connectivity index (χ3n) is 6.49. The maximum absolute atomic E-state index is 13.1. The quantitative estimate of drug-likeness (QED) is 0.438. The van der Waals surface area contributed by atoms with Crippen molar-refractivity contribution in [2.45, 2.75) is 46.0 Å². The van der Waals surface area contributed by atoms with Crippen LogP contribution in [0.3, 0.4) is 0 Å². The third kappa shape index (κ3) is 5.30. The van der Waals surface area contributed by atoms with Gasteiger partial charge in [-0.15, -0.1) is 0 Å². The van der Waals surface area contributed by atoms with Crippen molar-refractivity contribution < 1.29 is 19.4 Å². The van der Waals surface area contributed by atoms with Crippen LogP contribution in [-0.2, 0) is 22.4 Å². The average molecular weight is 458 g/mol. The predicted molar refractivity (Wildman–Crippen MR) is 135 cm³/mol. The normalized spacial score (nSPS) is 12.8. The van der Waals surface area contributed by atoms with Crippen LogP contribution in [0.1, 0.15) is 41.5 Å². The third-order valence-corrected chi connectivity index (χ3v) is 6.49. The fourth-order valence-electron chi connectivity index (χ4n) is 4.60. The molecule has 0 aliphatic carbocycles. The van der Waals surface area contributed by atoms with Crippen LogP contribution < -0.4 is 9.64 Å². The highest BCUT2D eigenvalue weighted by Crippen LogP contribution is 2.36. The number of nitrogens with zero attached hydrogens (tertiary/aromatic N) is 1. The zero-order chi connectivity index (χ0) is 24.1. The zero-order valence-corrected chi connectivity index (χ0v) is 19.8. The number of rotatable bonds is 8. The lowest BCUT2D eigenvalue weighted by atomic mass is 9.91. The Bertz CT molecular complexity index is 1200. The standard InChI is InChI=1S/C29H31NO4/c1-20-8-3-14-27(21(20)2)34-17-7-15-28(31)30-16-6-12-25-24(11-5-13-26(25)30)23-10-4-9-22(18-23)19-29(32)33/h3-5,8-11,13-14,18H,6-7,12,15-17,19H2,1-2H3,(H,32,33). The molecule has 0 aromatic heterocycles. The van der Waals surface area contributed by atoms with E-state index in [0.717, 1.165) is 52.1 Å². The molecule has 0 radical (unpaired) electrons. The Morgan fingerprint density at radius 1 is 1.03 bits per heavy atom. The lowest BCUT2D eigenvalue weighted by Gasteiger charge is -2.31. The summed E-state index contributed by atoms with van der Waals surface area (Å²) >= 11 is 0. The first-order chi connectivity index (χ1) is 16.4. The number of aliphatic carboxylic acids is 1. The van der Waals surface area contributed by atoms with Gasteiger partial charge >= 0.3 is 5.97 Å². The number of anilines is 1. The van der Waals surface area contributed by atoms with Gasteiger partial charge in [0.25, 0.3) is 0 Å². The summed E-state index contributed by atoms with van der Waals surface area (Å²) in [5, 5.41) is 9.14. The summed E-state index contributed by atoms with van der Waals surface area (Å²) in [6.45, 7) is 5.34. The number of hydrogen-bond donors (Lipinski definition) is 1. The van der Waals surface area contributed by atoms with Gasteiger partial charge in [-0.3, -0.25) is 9.59 Å². The molecule has 0 saturated heterocycles. The molecule has 1 aliphatic rings. The van der Waals surface area contributed by atoms with E-state index in [2.05, 4.69) is 26.0 Å². The lowest BCUT2D eigenvalue weighted by Crippen LogP contribution is -2.35. The highest BCUT2D eigenvalue weighted by molar-refractivity contribution is 5.96. The Balaban J connectivity index is 1.45. The summed E-state index contributed by atoms with van der Waals surface area (Å²) < 4.78 is 5.93. The van der Waals surface area contributed by atoms with Crippen molar-refractivity contribution in [3.63, 3.8) is 0 Å². The molecule has 176 valence electrons. The first-order valence-electron chi connectivity index (χ1n) is 11.9. The molecule has 1 amide bonds. The predicted octanol–water partition coefficient (Wildman–Crippen LogP) is 5.74. The molecule has 1 heterocycles. The van der Waals surface area contributed by atoms with Crippen molar-refractivity contribution in [1.82, 2.24) is 0 Å². The number of hydrogen-bond acceptors (Lipinski definition) is 3. The second-order valence-corrected chi connectivity index (χ2v) is 8.87. The van der Waals surface area contributed by atoms with Gasteiger partial charge < -0.3 is 14.7 Å². The Labute approximate surface area is 201 Å². The van der Waals surface area contributed by atoms with Gasteiger partial charge in [0.05, 0.1) is 13.0 Å². The summed E-state index contributed by atoms with van der Waals surface area (Å²) in [5.41, 5.74) is 7.29. The van der Waals surface area contributed by atoms with Gasteiger partial charge in [0, 0.05) is 18.7 Å². The number of ether oxygens (including phenoxy) is 1. The van der Waals surface area contributed by atoms with E-state index in [0.29, 0.717) is 26.0 Å². The van der Waals surface area contributed by atoms with Gasteiger partial charge in [-0.05, 0) is 78.6 Å². The molecular formula is C29H31NO4. The minimum Gasteiger partial charge on any atom is -0.493 e. The second kappa shape index (κ2) is 10.6. The van der Waals surface area contributed by atoms with Crippen molar-refractivity contribution in [2.75, 3.05) is 18.1 Å². The fourth-order valence-corrected chi connectivity index (χ4v) is 4.60. The molecule has 0 fully saturated rings. The van der Waals surface area contributed by atoms with Crippen molar-refractivity contribution in [3.8, 4) is 16.9 Å². The van der Waals surface area contributed by atoms with Crippen LogP contribution in [-0.4, -0.2) is 30.1 Å². The molecule has 0 spiro atoms. The zero-order valence-electron chi connectivity index (χ0n) is 19.8. The van der Waals surface area contributed by atoms with E-state index in [9.17, 15) is 9.59 Å². The topological polar surface area (TPSA) is 66.8 Å². The summed E-state index contributed by atoms with van der Waals surface area (Å²) in [5.74, 6) is 0.151. The highest BCUT2D eigenvalue weighted by Gasteiger charge is 2.24. The number of carboxylic acids is 1. The molecule has 0 saturated carbocycles. The molecule has 1 aliphatic heterocycles. The van der Waals surface area contributed by atoms with Gasteiger partial charge in [-0.1, -0.05) is 48.5 Å². The summed E-state index contributed by atoms with van der Waals surface area (Å²) in [4.78, 5) is 26.2. The first kappa shape index (κ1) is 23.6. The van der Waals surface area contributed by atoms with E-state index >= 15 is 0 Å². The van der Waals surface area contributed by atoms with Crippen molar-refractivity contribution in [2.24, 2.45) is 0 Å². The van der Waals surface area contributed by atoms with E-state index < -0.39 is 5.97 Å². The van der Waals surface area contributed by atoms with Crippen LogP contribution >= 0.6 is 0 Å². The Kier molecular flexibility index (Phi) is 7.31. The molecular weight excluding hydrogens is 426 g/mol. The average Bonchev–Trinajstić information content (AvgIpc) is 2.83. The summed E-state index contributed by atoms with van der Waals surface area (Å²) in [6.07, 6.45) is 2.90. The van der Waals surface area contributed by atoms with E-state index in [1.165, 1.54) is 5.56 Å². The molecule has 5 heteroatoms. The summed E-state index contributed by atoms with van der Waals surface area (Å²) in [7, 11) is 0. The van der Waals surface area contributed by atoms with Crippen LogP contribution in [0.2, 0.25) is 0 Å². The molecule has 0 atom stereocenters. The molecule has 3 aromatic carbocycles. The van der Waals surface area contributed by atoms with E-state index in [-0.39, 0.29) is 12.3 Å². The molecule has 4 rings (SSSR count). The second-order valence-electron chi connectivity index (χ2n) is 8.87. The van der Waals surface area contributed by atoms with Crippen LogP contribution in [0.15, 0.2) is 60.7 Å². The minimum absolute atomic E-state index is 0.00236. The molecule has 1 N–H and O–H groups in total. The SMILES string of the molecule is Cc1cccc(OCCCC(=O)N2CCCc3c(-c4cccc(CC(=O)O)c4)cccc32)c1C. The van der Waals surface area contributed by atoms with Crippen LogP contribution in [0, 0.1) is 13.8 Å². The number of carbonyl (C=O) groups excluding carboxylic acids is 1. The van der Waals surface area contributed by atoms with Gasteiger partial charge in [0.1, 0.15) is 5.75 Å². The number of fused-ring (bicyclic) bond motifs is 1. The van der Waals surface area contributed by atoms with Gasteiger partial charge in [0.2, 0.25) is 5.91 Å². The molecule has 3 aromatic rings. The number of carbonyl (C=O) groups is 2. The Hall–Kier alpha value is -3.60. The van der Waals surface area contributed by atoms with Gasteiger partial charge in [-0.2, -0.15) is 0 Å². The number of aryl methyl sites for hydroxylation is 1. The molecule has 34 heavy (non-hydrogen) atoms. The van der Waals surface area contributed by atoms with Crippen molar-refractivity contribution in [1.29, 1.82) is 0 Å². The van der Waals surface area contributed by atoms with Crippen LogP contribution in [0.25, 0.3) is 11.1 Å². The lowest BCUT2D eigenvalue weighted by molar-refractivity contribution is -0.136. The fraction of sp³-hybridized carbons (Fsp3) is 0.310. The van der Waals surface area contributed by atoms with E-state index in [1.807, 2.05) is 53.4 Å². The van der Waals surface area contributed by atoms with Gasteiger partial charge in [-0.25, -0.2) is 0 Å². The largest absolute Gasteiger partial charge is 0.493 e. The molecule has 0 unspecified atom stereocenters. The van der Waals surface area contributed by atoms with E-state index in [4.69, 9.17) is 9.84 Å². The van der Waals surface area contributed by atoms with Crippen molar-refractivity contribution in [3.05, 3.63) is 82.9 Å². The smallest absolute Gasteiger partial charge is 0.307 e. The van der Waals surface area contributed by atoms with Crippen molar-refractivity contribution >= 4 is 17.6 Å². The minimum atomic E-state index is -0.842. The number of amides is 1. The number of benzene rings is 3. The Morgan fingerprint density at radius 3 is 2.65 bits per heavy atom. The number of carboxylic acid groups (broad SMARTS) is 1. The highest BCUT2D eigenvalue weighted by atomic mass is 16.5. The monoisotopic (exact) mass is 457 g/mol. The Morgan fingerprint density at radius 2 is 1.82 bits per heavy atom. The summed E-state index contributed by atoms with van der Waals surface area (Å²) in [6, 6.07) is 19.8. The van der Waals surface area contributed by atoms with Crippen LogP contribution in [0.4, 0.5) is 5.69 Å². The van der Waals surface area contributed by atoms with Crippen LogP contribution in [0.5, 0.6) is 5.75 Å². The maximum atomic E-state index is 13.1. The first-order valence-corrected chi connectivity index (χ1v) is 11.9. The van der Waals surface area contributed by atoms with Gasteiger partial charge in [0.15, 0.2) is 0 Å². The maximum Gasteiger partial charge on any atom is 0.307 e. The van der Waals surface area contributed by atoms with E-state index in [1.54, 1.807) is 0 Å². The molecule has 0 bridgehead atoms.